The number of aromatic carboxylic acids is 1. The molecule has 0 spiro atoms. The van der Waals surface area contributed by atoms with E-state index in [0.717, 1.165) is 26.5 Å². The molecule has 1 saturated carbocycles. The summed E-state index contributed by atoms with van der Waals surface area (Å²) in [7, 11) is 0. The molecular weight excluding hydrogens is 404 g/mol. The van der Waals surface area contributed by atoms with Gasteiger partial charge in [-0.1, -0.05) is 52.2 Å². The number of aromatic nitrogens is 1. The van der Waals surface area contributed by atoms with E-state index in [0.29, 0.717) is 24.8 Å². The van der Waals surface area contributed by atoms with Gasteiger partial charge in [-0.05, 0) is 43.5 Å². The van der Waals surface area contributed by atoms with Crippen molar-refractivity contribution >= 4 is 32.8 Å². The zero-order chi connectivity index (χ0) is 19.0. The highest BCUT2D eigenvalue weighted by Crippen LogP contribution is 2.31. The minimum Gasteiger partial charge on any atom is -0.477 e. The van der Waals surface area contributed by atoms with Crippen LogP contribution in [0.15, 0.2) is 46.9 Å². The number of benzene rings is 2. The predicted octanol–water partition coefficient (Wildman–Crippen LogP) is 5.10. The first-order valence-corrected chi connectivity index (χ1v) is 10.1. The van der Waals surface area contributed by atoms with Crippen molar-refractivity contribution in [3.8, 4) is 0 Å². The number of halogens is 1. The van der Waals surface area contributed by atoms with Crippen LogP contribution in [0, 0.1) is 6.92 Å². The van der Waals surface area contributed by atoms with Gasteiger partial charge in [0.1, 0.15) is 5.69 Å². The quantitative estimate of drug-likeness (QED) is 0.576. The van der Waals surface area contributed by atoms with Gasteiger partial charge in [0, 0.05) is 40.1 Å². The molecule has 2 aromatic carbocycles. The van der Waals surface area contributed by atoms with Crippen molar-refractivity contribution in [3.63, 3.8) is 0 Å². The van der Waals surface area contributed by atoms with E-state index < -0.39 is 5.97 Å². The summed E-state index contributed by atoms with van der Waals surface area (Å²) >= 11 is 3.54. The standard InChI is InChI=1S/C22H23BrN2O2/c1-14-5-7-15(8-6-14)13-25-20-10-9-16(23)11-18(20)19(21(25)22(26)27)12-24-17-3-2-4-17/h5-11,17,24H,2-4,12-13H2,1H3,(H,26,27). The Morgan fingerprint density at radius 2 is 1.96 bits per heavy atom. The van der Waals surface area contributed by atoms with Crippen LogP contribution in [0.2, 0.25) is 0 Å². The van der Waals surface area contributed by atoms with Gasteiger partial charge in [-0.15, -0.1) is 0 Å². The number of nitrogens with zero attached hydrogens (tertiary/aromatic N) is 1. The molecule has 0 aliphatic heterocycles. The van der Waals surface area contributed by atoms with E-state index in [2.05, 4.69) is 52.4 Å². The number of carboxylic acid groups (broad SMARTS) is 1. The minimum absolute atomic E-state index is 0.385. The summed E-state index contributed by atoms with van der Waals surface area (Å²) in [6.45, 7) is 3.18. The molecule has 1 heterocycles. The van der Waals surface area contributed by atoms with Gasteiger partial charge in [-0.3, -0.25) is 0 Å². The summed E-state index contributed by atoms with van der Waals surface area (Å²) in [5, 5.41) is 14.6. The van der Waals surface area contributed by atoms with Crippen molar-refractivity contribution in [3.05, 3.63) is 69.3 Å². The normalized spacial score (nSPS) is 14.4. The number of aryl methyl sites for hydroxylation is 1. The highest BCUT2D eigenvalue weighted by molar-refractivity contribution is 9.10. The van der Waals surface area contributed by atoms with Gasteiger partial charge < -0.3 is 15.0 Å². The van der Waals surface area contributed by atoms with E-state index >= 15 is 0 Å². The van der Waals surface area contributed by atoms with Crippen LogP contribution in [0.1, 0.15) is 46.4 Å². The minimum atomic E-state index is -0.875. The smallest absolute Gasteiger partial charge is 0.352 e. The molecule has 0 amide bonds. The largest absolute Gasteiger partial charge is 0.477 e. The third-order valence-corrected chi connectivity index (χ3v) is 5.96. The Hall–Kier alpha value is -2.11. The SMILES string of the molecule is Cc1ccc(Cn2c(C(=O)O)c(CNC3CCC3)c3cc(Br)ccc32)cc1. The molecule has 3 aromatic rings. The fourth-order valence-electron chi connectivity index (χ4n) is 3.72. The van der Waals surface area contributed by atoms with Crippen molar-refractivity contribution < 1.29 is 9.90 Å². The Kier molecular flexibility index (Phi) is 5.06. The Morgan fingerprint density at radius 1 is 1.22 bits per heavy atom. The van der Waals surface area contributed by atoms with Crippen LogP contribution < -0.4 is 5.32 Å². The van der Waals surface area contributed by atoms with E-state index in [9.17, 15) is 9.90 Å². The van der Waals surface area contributed by atoms with E-state index in [1.165, 1.54) is 24.8 Å². The van der Waals surface area contributed by atoms with E-state index in [1.54, 1.807) is 0 Å². The number of hydrogen-bond acceptors (Lipinski definition) is 2. The lowest BCUT2D eigenvalue weighted by atomic mass is 9.93. The molecule has 1 aromatic heterocycles. The van der Waals surface area contributed by atoms with Gasteiger partial charge in [-0.25, -0.2) is 4.79 Å². The maximum atomic E-state index is 12.2. The molecule has 1 fully saturated rings. The molecule has 0 unspecified atom stereocenters. The molecule has 0 saturated heterocycles. The Bertz CT molecular complexity index is 988. The van der Waals surface area contributed by atoms with Gasteiger partial charge in [-0.2, -0.15) is 0 Å². The number of rotatable bonds is 6. The summed E-state index contributed by atoms with van der Waals surface area (Å²) in [5.41, 5.74) is 4.51. The lowest BCUT2D eigenvalue weighted by Gasteiger charge is -2.26. The topological polar surface area (TPSA) is 54.3 Å². The highest BCUT2D eigenvalue weighted by atomic mass is 79.9. The van der Waals surface area contributed by atoms with Crippen LogP contribution in [-0.2, 0) is 13.1 Å². The lowest BCUT2D eigenvalue weighted by molar-refractivity contribution is 0.0684. The van der Waals surface area contributed by atoms with Gasteiger partial charge in [0.25, 0.3) is 0 Å². The van der Waals surface area contributed by atoms with Crippen LogP contribution in [0.5, 0.6) is 0 Å². The molecule has 27 heavy (non-hydrogen) atoms. The third kappa shape index (κ3) is 3.66. The van der Waals surface area contributed by atoms with Crippen LogP contribution in [-0.4, -0.2) is 21.7 Å². The van der Waals surface area contributed by atoms with E-state index in [4.69, 9.17) is 0 Å². The van der Waals surface area contributed by atoms with Crippen molar-refractivity contribution in [2.24, 2.45) is 0 Å². The van der Waals surface area contributed by atoms with Crippen molar-refractivity contribution in [2.75, 3.05) is 0 Å². The second kappa shape index (κ2) is 7.49. The summed E-state index contributed by atoms with van der Waals surface area (Å²) in [6, 6.07) is 14.8. The number of hydrogen-bond donors (Lipinski definition) is 2. The molecule has 1 aliphatic rings. The van der Waals surface area contributed by atoms with Crippen LogP contribution in [0.3, 0.4) is 0 Å². The van der Waals surface area contributed by atoms with E-state index in [-0.39, 0.29) is 0 Å². The Balaban J connectivity index is 1.81. The molecule has 5 heteroatoms. The monoisotopic (exact) mass is 426 g/mol. The zero-order valence-corrected chi connectivity index (χ0v) is 16.9. The average Bonchev–Trinajstić information content (AvgIpc) is 2.89. The summed E-state index contributed by atoms with van der Waals surface area (Å²) in [4.78, 5) is 12.2. The molecule has 0 bridgehead atoms. The number of carbonyl (C=O) groups is 1. The molecule has 4 rings (SSSR count). The second-order valence-electron chi connectivity index (χ2n) is 7.37. The average molecular weight is 427 g/mol. The first-order valence-electron chi connectivity index (χ1n) is 9.36. The fraction of sp³-hybridized carbons (Fsp3) is 0.318. The first-order chi connectivity index (χ1) is 13.0. The Labute approximate surface area is 167 Å². The highest BCUT2D eigenvalue weighted by Gasteiger charge is 2.24. The summed E-state index contributed by atoms with van der Waals surface area (Å²) in [5.74, 6) is -0.875. The third-order valence-electron chi connectivity index (χ3n) is 5.47. The van der Waals surface area contributed by atoms with Crippen LogP contribution in [0.25, 0.3) is 10.9 Å². The summed E-state index contributed by atoms with van der Waals surface area (Å²) < 4.78 is 2.90. The maximum Gasteiger partial charge on any atom is 0.352 e. The van der Waals surface area contributed by atoms with Crippen LogP contribution in [0.4, 0.5) is 0 Å². The van der Waals surface area contributed by atoms with Gasteiger partial charge in [0.2, 0.25) is 0 Å². The summed E-state index contributed by atoms with van der Waals surface area (Å²) in [6.07, 6.45) is 3.60. The van der Waals surface area contributed by atoms with E-state index in [1.807, 2.05) is 22.8 Å². The fourth-order valence-corrected chi connectivity index (χ4v) is 4.08. The van der Waals surface area contributed by atoms with Gasteiger partial charge >= 0.3 is 5.97 Å². The number of fused-ring (bicyclic) bond motifs is 1. The molecule has 4 nitrogen and oxygen atoms in total. The molecule has 1 aliphatic carbocycles. The van der Waals surface area contributed by atoms with Crippen molar-refractivity contribution in [1.82, 2.24) is 9.88 Å². The number of nitrogens with one attached hydrogen (secondary N) is 1. The first kappa shape index (κ1) is 18.3. The number of carboxylic acids is 1. The van der Waals surface area contributed by atoms with Gasteiger partial charge in [0.05, 0.1) is 0 Å². The molecular formula is C22H23BrN2O2. The maximum absolute atomic E-state index is 12.2. The second-order valence-corrected chi connectivity index (χ2v) is 8.29. The van der Waals surface area contributed by atoms with Crippen molar-refractivity contribution in [1.29, 1.82) is 0 Å². The molecule has 2 N–H and O–H groups in total. The predicted molar refractivity (Wildman–Crippen MR) is 111 cm³/mol. The van der Waals surface area contributed by atoms with Crippen molar-refractivity contribution in [2.45, 2.75) is 45.3 Å². The molecule has 140 valence electrons. The zero-order valence-electron chi connectivity index (χ0n) is 15.3. The van der Waals surface area contributed by atoms with Crippen LogP contribution >= 0.6 is 15.9 Å². The van der Waals surface area contributed by atoms with Gasteiger partial charge in [0.15, 0.2) is 0 Å². The molecule has 0 radical (unpaired) electrons. The molecule has 0 atom stereocenters. The lowest BCUT2D eigenvalue weighted by Crippen LogP contribution is -2.34. The Morgan fingerprint density at radius 3 is 2.59 bits per heavy atom.